The second-order valence-electron chi connectivity index (χ2n) is 5.79. The minimum Gasteiger partial charge on any atom is -0.494 e. The Morgan fingerprint density at radius 2 is 1.83 bits per heavy atom. The van der Waals surface area contributed by atoms with Gasteiger partial charge in [0.15, 0.2) is 0 Å². The van der Waals surface area contributed by atoms with Gasteiger partial charge in [-0.25, -0.2) is 4.79 Å². The molecule has 0 unspecified atom stereocenters. The van der Waals surface area contributed by atoms with E-state index in [1.807, 2.05) is 31.2 Å². The molecule has 1 aliphatic rings. The number of amides is 1. The lowest BCUT2D eigenvalue weighted by molar-refractivity contribution is -0.152. The van der Waals surface area contributed by atoms with Crippen LogP contribution in [0.15, 0.2) is 24.3 Å². The summed E-state index contributed by atoms with van der Waals surface area (Å²) in [5.41, 5.74) is 0. The Bertz CT molecular complexity index is 543. The fourth-order valence-electron chi connectivity index (χ4n) is 2.84. The standard InChI is InChI=1S/C18H25NO5/c1-2-23-14-8-10-15(11-9-14)24-13-5-7-17(20)19-12-4-3-6-16(19)18(21)22/h8-11,16H,2-7,12-13H2,1H3,(H,21,22)/t16-/m1/s1. The van der Waals surface area contributed by atoms with E-state index < -0.39 is 12.0 Å². The van der Waals surface area contributed by atoms with Crippen molar-refractivity contribution in [3.63, 3.8) is 0 Å². The Hall–Kier alpha value is -2.24. The van der Waals surface area contributed by atoms with Crippen LogP contribution in [0.3, 0.4) is 0 Å². The minimum atomic E-state index is -0.909. The molecule has 0 spiro atoms. The van der Waals surface area contributed by atoms with Gasteiger partial charge in [0, 0.05) is 13.0 Å². The average molecular weight is 335 g/mol. The lowest BCUT2D eigenvalue weighted by Crippen LogP contribution is -2.47. The molecule has 6 heteroatoms. The van der Waals surface area contributed by atoms with Crippen LogP contribution in [0.25, 0.3) is 0 Å². The highest BCUT2D eigenvalue weighted by molar-refractivity contribution is 5.83. The zero-order chi connectivity index (χ0) is 17.4. The molecule has 1 atom stereocenters. The van der Waals surface area contributed by atoms with Crippen LogP contribution in [0.4, 0.5) is 0 Å². The molecule has 1 aliphatic heterocycles. The third kappa shape index (κ3) is 5.15. The summed E-state index contributed by atoms with van der Waals surface area (Å²) < 4.78 is 11.0. The van der Waals surface area contributed by atoms with Gasteiger partial charge in [0.1, 0.15) is 17.5 Å². The predicted molar refractivity (Wildman–Crippen MR) is 89.3 cm³/mol. The summed E-state index contributed by atoms with van der Waals surface area (Å²) in [5.74, 6) is 0.517. The molecular formula is C18H25NO5. The molecule has 1 aromatic rings. The molecule has 0 bridgehead atoms. The van der Waals surface area contributed by atoms with Crippen LogP contribution in [-0.4, -0.2) is 47.7 Å². The largest absolute Gasteiger partial charge is 0.494 e. The van der Waals surface area contributed by atoms with Gasteiger partial charge in [0.25, 0.3) is 0 Å². The average Bonchev–Trinajstić information content (AvgIpc) is 2.60. The van der Waals surface area contributed by atoms with Gasteiger partial charge >= 0.3 is 5.97 Å². The van der Waals surface area contributed by atoms with Crippen LogP contribution in [0.1, 0.15) is 39.0 Å². The normalized spacial score (nSPS) is 17.4. The predicted octanol–water partition coefficient (Wildman–Crippen LogP) is 2.71. The molecule has 1 fully saturated rings. The van der Waals surface area contributed by atoms with Gasteiger partial charge in [0.2, 0.25) is 5.91 Å². The molecule has 1 aromatic carbocycles. The van der Waals surface area contributed by atoms with Gasteiger partial charge in [0.05, 0.1) is 13.2 Å². The van der Waals surface area contributed by atoms with Crippen molar-refractivity contribution >= 4 is 11.9 Å². The maximum atomic E-state index is 12.2. The van der Waals surface area contributed by atoms with Crippen molar-refractivity contribution in [3.8, 4) is 11.5 Å². The van der Waals surface area contributed by atoms with Crippen molar-refractivity contribution < 1.29 is 24.2 Å². The fourth-order valence-corrected chi connectivity index (χ4v) is 2.84. The third-order valence-corrected chi connectivity index (χ3v) is 4.05. The number of rotatable bonds is 8. The van der Waals surface area contributed by atoms with E-state index in [0.29, 0.717) is 39.0 Å². The third-order valence-electron chi connectivity index (χ3n) is 4.05. The van der Waals surface area contributed by atoms with Crippen molar-refractivity contribution in [3.05, 3.63) is 24.3 Å². The first kappa shape index (κ1) is 18.1. The molecule has 1 N–H and O–H groups in total. The number of hydrogen-bond acceptors (Lipinski definition) is 4. The maximum absolute atomic E-state index is 12.2. The second kappa shape index (κ2) is 9.15. The van der Waals surface area contributed by atoms with E-state index in [4.69, 9.17) is 9.47 Å². The number of ether oxygens (including phenoxy) is 2. The number of carbonyl (C=O) groups excluding carboxylic acids is 1. The Morgan fingerprint density at radius 3 is 2.46 bits per heavy atom. The summed E-state index contributed by atoms with van der Waals surface area (Å²) in [7, 11) is 0. The molecule has 1 amide bonds. The van der Waals surface area contributed by atoms with Gasteiger partial charge < -0.3 is 19.5 Å². The number of likely N-dealkylation sites (tertiary alicyclic amines) is 1. The van der Waals surface area contributed by atoms with Gasteiger partial charge in [-0.15, -0.1) is 0 Å². The minimum absolute atomic E-state index is 0.0996. The van der Waals surface area contributed by atoms with Gasteiger partial charge in [-0.3, -0.25) is 4.79 Å². The van der Waals surface area contributed by atoms with E-state index >= 15 is 0 Å². The summed E-state index contributed by atoms with van der Waals surface area (Å²) in [6.45, 7) is 3.51. The smallest absolute Gasteiger partial charge is 0.326 e. The van der Waals surface area contributed by atoms with Gasteiger partial charge in [-0.1, -0.05) is 0 Å². The van der Waals surface area contributed by atoms with Crippen molar-refractivity contribution in [2.75, 3.05) is 19.8 Å². The summed E-state index contributed by atoms with van der Waals surface area (Å²) in [4.78, 5) is 25.0. The molecule has 132 valence electrons. The number of piperidine rings is 1. The van der Waals surface area contributed by atoms with Crippen LogP contribution < -0.4 is 9.47 Å². The number of nitrogens with zero attached hydrogens (tertiary/aromatic N) is 1. The highest BCUT2D eigenvalue weighted by Crippen LogP contribution is 2.20. The van der Waals surface area contributed by atoms with Crippen LogP contribution in [0.2, 0.25) is 0 Å². The first-order valence-electron chi connectivity index (χ1n) is 8.49. The number of carbonyl (C=O) groups is 2. The highest BCUT2D eigenvalue weighted by atomic mass is 16.5. The molecule has 6 nitrogen and oxygen atoms in total. The van der Waals surface area contributed by atoms with E-state index in [1.165, 1.54) is 4.90 Å². The number of carboxylic acids is 1. The lowest BCUT2D eigenvalue weighted by atomic mass is 10.0. The Labute approximate surface area is 142 Å². The van der Waals surface area contributed by atoms with E-state index in [2.05, 4.69) is 0 Å². The molecule has 0 saturated carbocycles. The van der Waals surface area contributed by atoms with Crippen LogP contribution >= 0.6 is 0 Å². The quantitative estimate of drug-likeness (QED) is 0.739. The van der Waals surface area contributed by atoms with Crippen molar-refractivity contribution in [1.29, 1.82) is 0 Å². The van der Waals surface area contributed by atoms with Crippen LogP contribution in [0.5, 0.6) is 11.5 Å². The summed E-state index contributed by atoms with van der Waals surface area (Å²) in [6, 6.07) is 6.68. The Balaban J connectivity index is 1.73. The lowest BCUT2D eigenvalue weighted by Gasteiger charge is -2.33. The summed E-state index contributed by atoms with van der Waals surface area (Å²) in [6.07, 6.45) is 3.15. The number of aliphatic carboxylic acids is 1. The van der Waals surface area contributed by atoms with Gasteiger partial charge in [-0.2, -0.15) is 0 Å². The number of carboxylic acid groups (broad SMARTS) is 1. The summed E-state index contributed by atoms with van der Waals surface area (Å²) >= 11 is 0. The molecule has 1 saturated heterocycles. The van der Waals surface area contributed by atoms with E-state index in [1.54, 1.807) is 0 Å². The topological polar surface area (TPSA) is 76.1 Å². The monoisotopic (exact) mass is 335 g/mol. The molecular weight excluding hydrogens is 310 g/mol. The maximum Gasteiger partial charge on any atom is 0.326 e. The molecule has 1 heterocycles. The highest BCUT2D eigenvalue weighted by Gasteiger charge is 2.31. The van der Waals surface area contributed by atoms with E-state index in [-0.39, 0.29) is 5.91 Å². The molecule has 0 aromatic heterocycles. The zero-order valence-electron chi connectivity index (χ0n) is 14.1. The van der Waals surface area contributed by atoms with Crippen molar-refractivity contribution in [1.82, 2.24) is 4.90 Å². The molecule has 0 radical (unpaired) electrons. The van der Waals surface area contributed by atoms with Gasteiger partial charge in [-0.05, 0) is 56.9 Å². The number of hydrogen-bond donors (Lipinski definition) is 1. The Kier molecular flexibility index (Phi) is 6.90. The van der Waals surface area contributed by atoms with Crippen molar-refractivity contribution in [2.24, 2.45) is 0 Å². The fraction of sp³-hybridized carbons (Fsp3) is 0.556. The van der Waals surface area contributed by atoms with Crippen molar-refractivity contribution in [2.45, 2.75) is 45.1 Å². The zero-order valence-corrected chi connectivity index (χ0v) is 14.1. The molecule has 0 aliphatic carbocycles. The van der Waals surface area contributed by atoms with Crippen LogP contribution in [0, 0.1) is 0 Å². The number of benzene rings is 1. The van der Waals surface area contributed by atoms with Crippen LogP contribution in [-0.2, 0) is 9.59 Å². The first-order chi connectivity index (χ1) is 11.6. The SMILES string of the molecule is CCOc1ccc(OCCCC(=O)N2CCCC[C@@H]2C(=O)O)cc1. The first-order valence-corrected chi connectivity index (χ1v) is 8.49. The molecule has 24 heavy (non-hydrogen) atoms. The Morgan fingerprint density at radius 1 is 1.17 bits per heavy atom. The molecule has 2 rings (SSSR count). The van der Waals surface area contributed by atoms with E-state index in [0.717, 1.165) is 24.3 Å². The summed E-state index contributed by atoms with van der Waals surface area (Å²) in [5, 5.41) is 9.21. The van der Waals surface area contributed by atoms with E-state index in [9.17, 15) is 14.7 Å². The second-order valence-corrected chi connectivity index (χ2v) is 5.79.